The van der Waals surface area contributed by atoms with Crippen LogP contribution in [-0.4, -0.2) is 48.4 Å². The maximum atomic E-state index is 12.8. The predicted molar refractivity (Wildman–Crippen MR) is 110 cm³/mol. The molecule has 2 aromatic rings. The van der Waals surface area contributed by atoms with Gasteiger partial charge in [0.1, 0.15) is 23.7 Å². The van der Waals surface area contributed by atoms with Crippen molar-refractivity contribution in [2.24, 2.45) is 5.92 Å². The number of rotatable bonds is 7. The fourth-order valence-corrected chi connectivity index (χ4v) is 4.03. The minimum atomic E-state index is -0.189. The Labute approximate surface area is 175 Å². The number of benzene rings is 1. The lowest BCUT2D eigenvalue weighted by molar-refractivity contribution is 0.0642. The number of allylic oxidation sites excluding steroid dienone is 1. The van der Waals surface area contributed by atoms with Gasteiger partial charge in [0.15, 0.2) is 0 Å². The molecule has 4 unspecified atom stereocenters. The van der Waals surface area contributed by atoms with Gasteiger partial charge in [-0.15, -0.1) is 0 Å². The molecule has 1 saturated carbocycles. The topological polar surface area (TPSA) is 81.7 Å². The summed E-state index contributed by atoms with van der Waals surface area (Å²) in [5, 5.41) is 6.53. The molecule has 7 nitrogen and oxygen atoms in total. The van der Waals surface area contributed by atoms with E-state index in [9.17, 15) is 4.79 Å². The Morgan fingerprint density at radius 2 is 1.77 bits per heavy atom. The number of aromatic nitrogens is 1. The average Bonchev–Trinajstić information content (AvgIpc) is 3.44. The van der Waals surface area contributed by atoms with Crippen molar-refractivity contribution in [3.8, 4) is 11.5 Å². The summed E-state index contributed by atoms with van der Waals surface area (Å²) in [6.07, 6.45) is 5.48. The van der Waals surface area contributed by atoms with Crippen LogP contribution >= 0.6 is 0 Å². The second-order valence-corrected chi connectivity index (χ2v) is 8.04. The number of hydrogen-bond donors (Lipinski definition) is 2. The van der Waals surface area contributed by atoms with Crippen LogP contribution in [0.5, 0.6) is 11.5 Å². The summed E-state index contributed by atoms with van der Waals surface area (Å²) in [5.41, 5.74) is 1.60. The molecule has 0 bridgehead atoms. The number of nitrogens with zero attached hydrogens (tertiary/aromatic N) is 1. The van der Waals surface area contributed by atoms with Crippen LogP contribution in [0.1, 0.15) is 23.2 Å². The van der Waals surface area contributed by atoms with E-state index in [0.717, 1.165) is 5.70 Å². The first-order valence-corrected chi connectivity index (χ1v) is 10.3. The maximum Gasteiger partial charge on any atom is 0.251 e. The summed E-state index contributed by atoms with van der Waals surface area (Å²) in [7, 11) is 0. The molecule has 3 heterocycles. The van der Waals surface area contributed by atoms with Crippen molar-refractivity contribution in [3.05, 3.63) is 66.6 Å². The Kier molecular flexibility index (Phi) is 5.14. The fraction of sp³-hybridized carbons (Fsp3) is 0.391. The van der Waals surface area contributed by atoms with Gasteiger partial charge in [0.05, 0.1) is 31.5 Å². The summed E-state index contributed by atoms with van der Waals surface area (Å²) in [6.45, 7) is 5.12. The summed E-state index contributed by atoms with van der Waals surface area (Å²) in [5.74, 6) is 1.61. The van der Waals surface area contributed by atoms with Crippen molar-refractivity contribution in [2.75, 3.05) is 13.2 Å². The first kappa shape index (κ1) is 19.1. The lowest BCUT2D eigenvalue weighted by atomic mass is 10.0. The largest absolute Gasteiger partial charge is 0.456 e. The molecule has 0 radical (unpaired) electrons. The first-order valence-electron chi connectivity index (χ1n) is 10.3. The van der Waals surface area contributed by atoms with Gasteiger partial charge in [-0.1, -0.05) is 12.6 Å². The molecular weight excluding hydrogens is 382 g/mol. The molecule has 2 saturated heterocycles. The van der Waals surface area contributed by atoms with Gasteiger partial charge in [-0.3, -0.25) is 9.78 Å². The Hall–Kier alpha value is -2.90. The van der Waals surface area contributed by atoms with Crippen LogP contribution < -0.4 is 15.4 Å². The van der Waals surface area contributed by atoms with Gasteiger partial charge in [-0.2, -0.15) is 0 Å². The molecule has 4 atom stereocenters. The number of nitrogens with one attached hydrogen (secondary N) is 2. The molecule has 1 amide bonds. The monoisotopic (exact) mass is 407 g/mol. The van der Waals surface area contributed by atoms with E-state index in [-0.39, 0.29) is 30.2 Å². The number of carbonyl (C=O) groups excluding carboxylic acids is 1. The van der Waals surface area contributed by atoms with E-state index < -0.39 is 0 Å². The lowest BCUT2D eigenvalue weighted by Gasteiger charge is -2.20. The van der Waals surface area contributed by atoms with Gasteiger partial charge in [-0.05, 0) is 49.1 Å². The highest BCUT2D eigenvalue weighted by atomic mass is 16.6. The number of carbonyl (C=O) groups is 1. The normalized spacial score (nSPS) is 27.3. The molecular formula is C23H25N3O4. The lowest BCUT2D eigenvalue weighted by Crippen LogP contribution is -2.45. The van der Waals surface area contributed by atoms with Gasteiger partial charge in [0.2, 0.25) is 0 Å². The third kappa shape index (κ3) is 4.04. The van der Waals surface area contributed by atoms with Crippen LogP contribution in [0.15, 0.2) is 61.1 Å². The average molecular weight is 407 g/mol. The first-order chi connectivity index (χ1) is 14.7. The molecule has 3 fully saturated rings. The van der Waals surface area contributed by atoms with Gasteiger partial charge in [-0.25, -0.2) is 0 Å². The summed E-state index contributed by atoms with van der Waals surface area (Å²) >= 11 is 0. The number of hydrogen-bond acceptors (Lipinski definition) is 6. The van der Waals surface area contributed by atoms with Crippen molar-refractivity contribution in [3.63, 3.8) is 0 Å². The van der Waals surface area contributed by atoms with Crippen LogP contribution in [-0.2, 0) is 9.47 Å². The zero-order valence-electron chi connectivity index (χ0n) is 16.6. The molecule has 156 valence electrons. The molecule has 7 heteroatoms. The number of ether oxygens (including phenoxy) is 3. The van der Waals surface area contributed by atoms with Crippen molar-refractivity contribution >= 4 is 5.91 Å². The quantitative estimate of drug-likeness (QED) is 0.734. The molecule has 1 aromatic heterocycles. The van der Waals surface area contributed by atoms with E-state index in [1.54, 1.807) is 36.7 Å². The predicted octanol–water partition coefficient (Wildman–Crippen LogP) is 2.65. The second-order valence-electron chi connectivity index (χ2n) is 8.04. The smallest absolute Gasteiger partial charge is 0.251 e. The summed E-state index contributed by atoms with van der Waals surface area (Å²) in [4.78, 5) is 16.9. The molecule has 30 heavy (non-hydrogen) atoms. The molecule has 5 rings (SSSR count). The van der Waals surface area contributed by atoms with Crippen molar-refractivity contribution in [1.29, 1.82) is 0 Å². The minimum absolute atomic E-state index is 0.0777. The zero-order chi connectivity index (χ0) is 20.5. The molecule has 1 aliphatic carbocycles. The van der Waals surface area contributed by atoms with E-state index in [4.69, 9.17) is 14.2 Å². The zero-order valence-corrected chi connectivity index (χ0v) is 16.6. The molecule has 3 aliphatic rings. The van der Waals surface area contributed by atoms with Crippen molar-refractivity contribution < 1.29 is 19.0 Å². The number of fused-ring (bicyclic) bond motifs is 1. The van der Waals surface area contributed by atoms with Gasteiger partial charge < -0.3 is 24.8 Å². The molecule has 2 aliphatic heterocycles. The van der Waals surface area contributed by atoms with Crippen LogP contribution in [0, 0.1) is 5.92 Å². The van der Waals surface area contributed by atoms with Crippen LogP contribution in [0.3, 0.4) is 0 Å². The highest BCUT2D eigenvalue weighted by Crippen LogP contribution is 2.36. The second kappa shape index (κ2) is 8.08. The Morgan fingerprint density at radius 1 is 1.03 bits per heavy atom. The van der Waals surface area contributed by atoms with Crippen molar-refractivity contribution in [1.82, 2.24) is 15.6 Å². The third-order valence-corrected chi connectivity index (χ3v) is 5.78. The standard InChI is InChI=1S/C23H25N3O4/c1-14(15-7-8-15)25-19-12-28-22-20(13-29-21(19)22)26-23(27)16-4-2-5-17(10-16)30-18-6-3-9-24-11-18/h2-6,9-11,15,19-22,25H,1,7-8,12-13H2,(H,26,27). The Bertz CT molecular complexity index is 931. The van der Waals surface area contributed by atoms with E-state index in [0.29, 0.717) is 36.2 Å². The molecule has 0 spiro atoms. The highest BCUT2D eigenvalue weighted by molar-refractivity contribution is 5.94. The highest BCUT2D eigenvalue weighted by Gasteiger charge is 2.48. The van der Waals surface area contributed by atoms with Gasteiger partial charge in [0, 0.05) is 17.5 Å². The van der Waals surface area contributed by atoms with E-state index in [1.165, 1.54) is 12.8 Å². The van der Waals surface area contributed by atoms with Crippen LogP contribution in [0.4, 0.5) is 0 Å². The van der Waals surface area contributed by atoms with Gasteiger partial charge >= 0.3 is 0 Å². The number of pyridine rings is 1. The maximum absolute atomic E-state index is 12.8. The van der Waals surface area contributed by atoms with Gasteiger partial charge in [0.25, 0.3) is 5.91 Å². The molecule has 2 N–H and O–H groups in total. The number of amides is 1. The van der Waals surface area contributed by atoms with E-state index in [1.807, 2.05) is 12.1 Å². The minimum Gasteiger partial charge on any atom is -0.456 e. The van der Waals surface area contributed by atoms with E-state index >= 15 is 0 Å². The fourth-order valence-electron chi connectivity index (χ4n) is 4.03. The van der Waals surface area contributed by atoms with Crippen molar-refractivity contribution in [2.45, 2.75) is 37.1 Å². The summed E-state index contributed by atoms with van der Waals surface area (Å²) < 4.78 is 17.7. The summed E-state index contributed by atoms with van der Waals surface area (Å²) in [6, 6.07) is 10.6. The van der Waals surface area contributed by atoms with Crippen LogP contribution in [0.25, 0.3) is 0 Å². The Balaban J connectivity index is 1.20. The molecule has 1 aromatic carbocycles. The Morgan fingerprint density at radius 3 is 2.47 bits per heavy atom. The van der Waals surface area contributed by atoms with Crippen LogP contribution in [0.2, 0.25) is 0 Å². The van der Waals surface area contributed by atoms with E-state index in [2.05, 4.69) is 22.2 Å². The SMILES string of the molecule is C=C(NC1COC2C(NC(=O)c3cccc(Oc4cccnc4)c3)COC12)C1CC1. The third-order valence-electron chi connectivity index (χ3n) is 5.78.